The fourth-order valence-electron chi connectivity index (χ4n) is 0.953. The van der Waals surface area contributed by atoms with E-state index in [1.807, 2.05) is 18.2 Å². The van der Waals surface area contributed by atoms with E-state index in [2.05, 4.69) is 10.8 Å². The lowest BCUT2D eigenvalue weighted by Gasteiger charge is -2.03. The molecular formula is C10H14O2S. The Kier molecular flexibility index (Phi) is 4.40. The molecule has 0 aromatic rings. The highest BCUT2D eigenvalue weighted by Crippen LogP contribution is 2.32. The maximum Gasteiger partial charge on any atom is 0.330 e. The molecule has 1 heterocycles. The highest BCUT2D eigenvalue weighted by molar-refractivity contribution is 8.22. The van der Waals surface area contributed by atoms with E-state index in [1.165, 1.54) is 6.08 Å². The van der Waals surface area contributed by atoms with E-state index < -0.39 is 0 Å². The molecule has 13 heavy (non-hydrogen) atoms. The summed E-state index contributed by atoms with van der Waals surface area (Å²) in [7, 11) is -0.141. The number of carbonyl (C=O) groups excluding carboxylic acids is 1. The molecule has 0 saturated carbocycles. The van der Waals surface area contributed by atoms with Crippen molar-refractivity contribution in [3.63, 3.8) is 0 Å². The summed E-state index contributed by atoms with van der Waals surface area (Å²) in [6.07, 6.45) is 7.48. The van der Waals surface area contributed by atoms with Crippen molar-refractivity contribution in [3.8, 4) is 0 Å². The number of carbonyl (C=O) groups is 1. The van der Waals surface area contributed by atoms with Crippen molar-refractivity contribution < 1.29 is 9.53 Å². The van der Waals surface area contributed by atoms with Crippen LogP contribution in [-0.4, -0.2) is 18.3 Å². The van der Waals surface area contributed by atoms with Crippen molar-refractivity contribution in [3.05, 3.63) is 35.1 Å². The summed E-state index contributed by atoms with van der Waals surface area (Å²) in [6, 6.07) is 0. The van der Waals surface area contributed by atoms with Gasteiger partial charge in [0.05, 0.1) is 6.61 Å². The van der Waals surface area contributed by atoms with Gasteiger partial charge >= 0.3 is 5.97 Å². The zero-order valence-electron chi connectivity index (χ0n) is 7.64. The average molecular weight is 198 g/mol. The van der Waals surface area contributed by atoms with Crippen LogP contribution in [0.1, 0.15) is 6.92 Å². The van der Waals surface area contributed by atoms with Crippen molar-refractivity contribution in [2.45, 2.75) is 6.92 Å². The second kappa shape index (κ2) is 5.65. The van der Waals surface area contributed by atoms with Gasteiger partial charge in [-0.25, -0.2) is 15.7 Å². The van der Waals surface area contributed by atoms with E-state index in [0.29, 0.717) is 6.61 Å². The van der Waals surface area contributed by atoms with Gasteiger partial charge in [-0.2, -0.15) is 0 Å². The van der Waals surface area contributed by atoms with Gasteiger partial charge in [0, 0.05) is 11.8 Å². The van der Waals surface area contributed by atoms with Gasteiger partial charge in [-0.1, -0.05) is 18.2 Å². The highest BCUT2D eigenvalue weighted by atomic mass is 32.2. The molecule has 1 aliphatic rings. The lowest BCUT2D eigenvalue weighted by molar-refractivity contribution is -0.137. The predicted octanol–water partition coefficient (Wildman–Crippen LogP) is 2.15. The quantitative estimate of drug-likeness (QED) is 0.425. The minimum absolute atomic E-state index is 0.141. The summed E-state index contributed by atoms with van der Waals surface area (Å²) in [4.78, 5) is 10.9. The number of hydrogen-bond acceptors (Lipinski definition) is 2. The summed E-state index contributed by atoms with van der Waals surface area (Å²) < 4.78 is 4.75. The number of esters is 1. The van der Waals surface area contributed by atoms with Crippen LogP contribution >= 0.6 is 10.9 Å². The van der Waals surface area contributed by atoms with Crippen LogP contribution in [0.4, 0.5) is 0 Å². The number of rotatable bonds is 4. The summed E-state index contributed by atoms with van der Waals surface area (Å²) in [5.41, 5.74) is 0. The topological polar surface area (TPSA) is 26.3 Å². The summed E-state index contributed by atoms with van der Waals surface area (Å²) >= 11 is 0. The zero-order valence-corrected chi connectivity index (χ0v) is 8.54. The van der Waals surface area contributed by atoms with Crippen molar-refractivity contribution >= 4 is 16.9 Å². The smallest absolute Gasteiger partial charge is 0.330 e. The first-order valence-electron chi connectivity index (χ1n) is 4.27. The maximum absolute atomic E-state index is 10.9. The van der Waals surface area contributed by atoms with Crippen LogP contribution in [0.25, 0.3) is 0 Å². The SMILES string of the molecule is CCOC(=O)/C=C/C[SH]1C=CC=C1. The molecule has 72 valence electrons. The van der Waals surface area contributed by atoms with Crippen LogP contribution in [0.2, 0.25) is 0 Å². The Labute approximate surface area is 81.3 Å². The van der Waals surface area contributed by atoms with Gasteiger partial charge in [0.1, 0.15) is 0 Å². The standard InChI is InChI=1S/C10H14O2S/c1-2-12-10(11)6-5-9-13-7-3-4-8-13/h3-8,13H,2,9H2,1H3/b6-5+. The molecule has 3 heteroatoms. The lowest BCUT2D eigenvalue weighted by Crippen LogP contribution is -1.99. The third kappa shape index (κ3) is 3.99. The Morgan fingerprint density at radius 1 is 1.46 bits per heavy atom. The van der Waals surface area contributed by atoms with Gasteiger partial charge < -0.3 is 4.74 Å². The summed E-state index contributed by atoms with van der Waals surface area (Å²) in [6.45, 7) is 2.25. The van der Waals surface area contributed by atoms with E-state index in [9.17, 15) is 4.79 Å². The second-order valence-electron chi connectivity index (χ2n) is 2.53. The van der Waals surface area contributed by atoms with Crippen LogP contribution in [0.15, 0.2) is 35.1 Å². The molecule has 0 aromatic heterocycles. The fourth-order valence-corrected chi connectivity index (χ4v) is 2.29. The molecule has 1 aliphatic heterocycles. The fraction of sp³-hybridized carbons (Fsp3) is 0.300. The van der Waals surface area contributed by atoms with Crippen LogP contribution in [0.5, 0.6) is 0 Å². The van der Waals surface area contributed by atoms with Crippen molar-refractivity contribution in [2.75, 3.05) is 12.4 Å². The highest BCUT2D eigenvalue weighted by Gasteiger charge is 1.96. The van der Waals surface area contributed by atoms with Gasteiger partial charge in [-0.05, 0) is 17.7 Å². The molecule has 0 unspecified atom stereocenters. The molecule has 0 spiro atoms. The minimum Gasteiger partial charge on any atom is -0.463 e. The summed E-state index contributed by atoms with van der Waals surface area (Å²) in [5.74, 6) is 0.686. The Bertz CT molecular complexity index is 242. The predicted molar refractivity (Wildman–Crippen MR) is 57.9 cm³/mol. The van der Waals surface area contributed by atoms with Crippen molar-refractivity contribution in [2.24, 2.45) is 0 Å². The first-order valence-corrected chi connectivity index (χ1v) is 5.93. The first-order chi connectivity index (χ1) is 6.33. The zero-order chi connectivity index (χ0) is 9.52. The number of hydrogen-bond donors (Lipinski definition) is 1. The van der Waals surface area contributed by atoms with Crippen LogP contribution in [0.3, 0.4) is 0 Å². The normalized spacial score (nSPS) is 17.2. The molecule has 1 rings (SSSR count). The van der Waals surface area contributed by atoms with Crippen molar-refractivity contribution in [1.82, 2.24) is 0 Å². The third-order valence-electron chi connectivity index (χ3n) is 1.52. The van der Waals surface area contributed by atoms with E-state index in [-0.39, 0.29) is 16.9 Å². The molecule has 0 fully saturated rings. The van der Waals surface area contributed by atoms with E-state index in [4.69, 9.17) is 4.74 Å². The Hall–Kier alpha value is -0.960. The van der Waals surface area contributed by atoms with E-state index >= 15 is 0 Å². The Morgan fingerprint density at radius 3 is 2.77 bits per heavy atom. The van der Waals surface area contributed by atoms with Crippen LogP contribution in [0, 0.1) is 0 Å². The van der Waals surface area contributed by atoms with Gasteiger partial charge in [0.2, 0.25) is 0 Å². The van der Waals surface area contributed by atoms with Crippen LogP contribution in [-0.2, 0) is 9.53 Å². The van der Waals surface area contributed by atoms with E-state index in [1.54, 1.807) is 6.92 Å². The maximum atomic E-state index is 10.9. The van der Waals surface area contributed by atoms with Gasteiger partial charge in [0.15, 0.2) is 0 Å². The molecule has 2 nitrogen and oxygen atoms in total. The molecule has 0 amide bonds. The lowest BCUT2D eigenvalue weighted by atomic mass is 10.5. The molecule has 0 radical (unpaired) electrons. The average Bonchev–Trinajstić information content (AvgIpc) is 2.57. The minimum atomic E-state index is -0.246. The van der Waals surface area contributed by atoms with Gasteiger partial charge in [0.25, 0.3) is 0 Å². The molecule has 0 aromatic carbocycles. The Balaban J connectivity index is 2.21. The molecule has 0 bridgehead atoms. The molecule has 0 N–H and O–H groups in total. The molecule has 0 saturated heterocycles. The largest absolute Gasteiger partial charge is 0.463 e. The van der Waals surface area contributed by atoms with E-state index in [0.717, 1.165) is 5.75 Å². The first kappa shape index (κ1) is 10.1. The number of thiol groups is 1. The summed E-state index contributed by atoms with van der Waals surface area (Å²) in [5, 5.41) is 4.34. The number of allylic oxidation sites excluding steroid dienone is 2. The third-order valence-corrected chi connectivity index (χ3v) is 3.27. The second-order valence-corrected chi connectivity index (χ2v) is 4.52. The monoisotopic (exact) mass is 198 g/mol. The van der Waals surface area contributed by atoms with Crippen molar-refractivity contribution in [1.29, 1.82) is 0 Å². The molecular weight excluding hydrogens is 184 g/mol. The molecule has 0 atom stereocenters. The molecule has 0 aliphatic carbocycles. The van der Waals surface area contributed by atoms with Gasteiger partial charge in [-0.15, -0.1) is 0 Å². The Morgan fingerprint density at radius 2 is 2.15 bits per heavy atom. The van der Waals surface area contributed by atoms with Crippen LogP contribution < -0.4 is 0 Å². The number of ether oxygens (including phenoxy) is 1. The van der Waals surface area contributed by atoms with Gasteiger partial charge in [-0.3, -0.25) is 0 Å².